The summed E-state index contributed by atoms with van der Waals surface area (Å²) in [4.78, 5) is 7.05. The summed E-state index contributed by atoms with van der Waals surface area (Å²) in [6, 6.07) is 0. The quantitative estimate of drug-likeness (QED) is 0.499. The fraction of sp³-hybridized carbons (Fsp3) is 1.00. The van der Waals surface area contributed by atoms with Gasteiger partial charge in [0.15, 0.2) is 0 Å². The van der Waals surface area contributed by atoms with Crippen molar-refractivity contribution >= 4 is 30.6 Å². The fourth-order valence-electron chi connectivity index (χ4n) is 0. The molecule has 0 spiro atoms. The Morgan fingerprint density at radius 3 is 1.11 bits per heavy atom. The summed E-state index contributed by atoms with van der Waals surface area (Å²) in [5, 5.41) is 0. The van der Waals surface area contributed by atoms with Crippen LogP contribution in [0.25, 0.3) is 0 Å². The molecule has 0 fully saturated rings. The first-order valence-corrected chi connectivity index (χ1v) is 11.1. The molecule has 0 saturated heterocycles. The molecule has 0 rings (SSSR count). The third-order valence-corrected chi connectivity index (χ3v) is 0. The van der Waals surface area contributed by atoms with E-state index in [0.29, 0.717) is 0 Å². The molecule has 0 radical (unpaired) electrons. The molecule has 9 heavy (non-hydrogen) atoms. The van der Waals surface area contributed by atoms with Gasteiger partial charge in [-0.25, -0.2) is 0 Å². The maximum atomic E-state index is 8.74. The molecule has 0 aliphatic rings. The molecule has 0 unspecified atom stereocenters. The zero-order chi connectivity index (χ0) is 8.08. The van der Waals surface area contributed by atoms with Crippen molar-refractivity contribution < 1.29 is 17.5 Å². The van der Waals surface area contributed by atoms with E-state index in [0.717, 1.165) is 0 Å². The Hall–Kier alpha value is 0.688. The first-order chi connectivity index (χ1) is 3.73. The molecule has 0 atom stereocenters. The summed E-state index contributed by atoms with van der Waals surface area (Å²) >= 11 is -0.450. The average Bonchev–Trinajstić information content (AvgIpc) is 1.19. The van der Waals surface area contributed by atoms with Crippen molar-refractivity contribution in [3.05, 3.63) is 0 Å². The van der Waals surface area contributed by atoms with Gasteiger partial charge in [-0.1, -0.05) is 0 Å². The van der Waals surface area contributed by atoms with E-state index in [4.69, 9.17) is 17.5 Å². The van der Waals surface area contributed by atoms with Gasteiger partial charge in [0.05, 0.1) is 0 Å². The normalized spacial score (nSPS) is 10.4. The second-order valence-electron chi connectivity index (χ2n) is 1.79. The standard InChI is InChI=1S/3CH3.H2O4S.Sb/c;;;1-5(2,3)4;/h3*1H3;(H2,1,2,3,4);. The van der Waals surface area contributed by atoms with Crippen LogP contribution in [0.15, 0.2) is 0 Å². The van der Waals surface area contributed by atoms with Crippen LogP contribution in [-0.2, 0) is 10.4 Å². The first-order valence-electron chi connectivity index (χ1n) is 2.04. The van der Waals surface area contributed by atoms with Crippen LogP contribution in [0.2, 0.25) is 14.6 Å². The van der Waals surface area contributed by atoms with Crippen LogP contribution in [0.4, 0.5) is 0 Å². The molecule has 0 aromatic heterocycles. The van der Waals surface area contributed by atoms with E-state index in [1.807, 2.05) is 0 Å². The van der Waals surface area contributed by atoms with Gasteiger partial charge in [0.2, 0.25) is 0 Å². The molecule has 0 heterocycles. The van der Waals surface area contributed by atoms with Crippen molar-refractivity contribution in [2.24, 2.45) is 0 Å². The average molecular weight is 265 g/mol. The van der Waals surface area contributed by atoms with Gasteiger partial charge in [-0.05, 0) is 0 Å². The molecular formula is C3H11O4SSb. The molecule has 0 saturated carbocycles. The number of hydrogen-bond donors (Lipinski definition) is 2. The third-order valence-electron chi connectivity index (χ3n) is 0. The van der Waals surface area contributed by atoms with Crippen molar-refractivity contribution in [1.29, 1.82) is 0 Å². The van der Waals surface area contributed by atoms with Crippen LogP contribution in [0.3, 0.4) is 0 Å². The summed E-state index contributed by atoms with van der Waals surface area (Å²) < 4.78 is 31.6. The van der Waals surface area contributed by atoms with Crippen molar-refractivity contribution in [1.82, 2.24) is 0 Å². The van der Waals surface area contributed by atoms with Crippen molar-refractivity contribution in [2.75, 3.05) is 0 Å². The van der Waals surface area contributed by atoms with E-state index in [-0.39, 0.29) is 0 Å². The Bertz CT molecular complexity index is 127. The zero-order valence-electron chi connectivity index (χ0n) is 5.57. The summed E-state index contributed by atoms with van der Waals surface area (Å²) in [5.41, 5.74) is 0. The minimum atomic E-state index is -4.67. The summed E-state index contributed by atoms with van der Waals surface area (Å²) in [6.07, 6.45) is 0. The van der Waals surface area contributed by atoms with E-state index >= 15 is 0 Å². The Morgan fingerprint density at radius 1 is 1.11 bits per heavy atom. The SMILES string of the molecule is O=S(=O)(O)O.[CH3][Sb]([CH3])[CH3]. The molecule has 4 nitrogen and oxygen atoms in total. The Morgan fingerprint density at radius 2 is 1.11 bits per heavy atom. The molecule has 0 bridgehead atoms. The minimum absolute atomic E-state index is 0.450. The predicted molar refractivity (Wildman–Crippen MR) is 37.5 cm³/mol. The molecule has 0 aromatic carbocycles. The van der Waals surface area contributed by atoms with E-state index in [9.17, 15) is 0 Å². The maximum absolute atomic E-state index is 8.74. The summed E-state index contributed by atoms with van der Waals surface area (Å²) in [6.45, 7) is 0. The molecule has 0 aromatic rings. The van der Waals surface area contributed by atoms with E-state index in [1.165, 1.54) is 0 Å². The van der Waals surface area contributed by atoms with Gasteiger partial charge in [-0.3, -0.25) is 9.11 Å². The van der Waals surface area contributed by atoms with Crippen molar-refractivity contribution in [3.63, 3.8) is 0 Å². The Balaban J connectivity index is 0. The molecule has 2 N–H and O–H groups in total. The van der Waals surface area contributed by atoms with Crippen LogP contribution < -0.4 is 0 Å². The molecule has 0 aliphatic carbocycles. The van der Waals surface area contributed by atoms with Crippen LogP contribution in [0, 0.1) is 0 Å². The first kappa shape index (κ1) is 12.4. The van der Waals surface area contributed by atoms with Crippen molar-refractivity contribution in [2.45, 2.75) is 14.6 Å². The monoisotopic (exact) mass is 264 g/mol. The van der Waals surface area contributed by atoms with Gasteiger partial charge in [-0.2, -0.15) is 8.42 Å². The van der Waals surface area contributed by atoms with Crippen LogP contribution in [0.5, 0.6) is 0 Å². The fourth-order valence-corrected chi connectivity index (χ4v) is 0. The van der Waals surface area contributed by atoms with E-state index in [1.54, 1.807) is 0 Å². The third kappa shape index (κ3) is 821. The molecule has 6 heteroatoms. The van der Waals surface area contributed by atoms with E-state index < -0.39 is 30.6 Å². The second-order valence-corrected chi connectivity index (χ2v) is 10.3. The van der Waals surface area contributed by atoms with Gasteiger partial charge < -0.3 is 0 Å². The number of rotatable bonds is 0. The van der Waals surface area contributed by atoms with Gasteiger partial charge in [0.25, 0.3) is 0 Å². The molecule has 58 valence electrons. The van der Waals surface area contributed by atoms with Gasteiger partial charge in [0.1, 0.15) is 0 Å². The Kier molecular flexibility index (Phi) is 7.52. The van der Waals surface area contributed by atoms with Gasteiger partial charge in [-0.15, -0.1) is 0 Å². The number of hydrogen-bond acceptors (Lipinski definition) is 2. The van der Waals surface area contributed by atoms with Crippen LogP contribution in [-0.4, -0.2) is 37.7 Å². The van der Waals surface area contributed by atoms with Crippen molar-refractivity contribution in [3.8, 4) is 0 Å². The molecule has 0 aliphatic heterocycles. The van der Waals surface area contributed by atoms with Crippen LogP contribution >= 0.6 is 0 Å². The predicted octanol–water partition coefficient (Wildman–Crippen LogP) is 0.718. The molecule has 0 amide bonds. The summed E-state index contributed by atoms with van der Waals surface area (Å²) in [5.74, 6) is 0. The van der Waals surface area contributed by atoms with Gasteiger partial charge in [0, 0.05) is 0 Å². The summed E-state index contributed by atoms with van der Waals surface area (Å²) in [7, 11) is -4.67. The van der Waals surface area contributed by atoms with E-state index in [2.05, 4.69) is 14.6 Å². The zero-order valence-corrected chi connectivity index (χ0v) is 8.94. The Labute approximate surface area is 62.8 Å². The van der Waals surface area contributed by atoms with Gasteiger partial charge >= 0.3 is 45.2 Å². The molecular weight excluding hydrogens is 254 g/mol. The van der Waals surface area contributed by atoms with Crippen LogP contribution in [0.1, 0.15) is 0 Å². The second kappa shape index (κ2) is 5.47. The topological polar surface area (TPSA) is 74.6 Å².